The lowest BCUT2D eigenvalue weighted by molar-refractivity contribution is -0.126. The normalized spacial score (nSPS) is 17.1. The summed E-state index contributed by atoms with van der Waals surface area (Å²) in [4.78, 5) is 39.8. The average Bonchev–Trinajstić information content (AvgIpc) is 3.17. The van der Waals surface area contributed by atoms with Crippen LogP contribution < -0.4 is 10.6 Å². The summed E-state index contributed by atoms with van der Waals surface area (Å²) in [5, 5.41) is 5.70. The van der Waals surface area contributed by atoms with Crippen molar-refractivity contribution >= 4 is 23.6 Å². The number of nitrogens with zero attached hydrogens (tertiary/aromatic N) is 1. The minimum absolute atomic E-state index is 0.0937. The lowest BCUT2D eigenvalue weighted by Gasteiger charge is -2.25. The summed E-state index contributed by atoms with van der Waals surface area (Å²) in [7, 11) is 0. The van der Waals surface area contributed by atoms with Gasteiger partial charge in [-0.3, -0.25) is 14.5 Å². The highest BCUT2D eigenvalue weighted by molar-refractivity contribution is 6.04. The van der Waals surface area contributed by atoms with Crippen LogP contribution in [-0.4, -0.2) is 34.9 Å². The zero-order valence-corrected chi connectivity index (χ0v) is 20.3. The largest absolute Gasteiger partial charge is 0.438 e. The molecule has 0 radical (unpaired) electrons. The van der Waals surface area contributed by atoms with E-state index in [4.69, 9.17) is 4.74 Å². The van der Waals surface area contributed by atoms with E-state index in [0.29, 0.717) is 22.4 Å². The zero-order valence-electron chi connectivity index (χ0n) is 20.3. The molecule has 0 aliphatic carbocycles. The number of halogens is 1. The molecule has 1 fully saturated rings. The van der Waals surface area contributed by atoms with Gasteiger partial charge in [0, 0.05) is 17.3 Å². The van der Waals surface area contributed by atoms with E-state index in [9.17, 15) is 18.8 Å². The fraction of sp³-hybridized carbons (Fsp3) is 0.250. The average molecular weight is 490 g/mol. The third-order valence-electron chi connectivity index (χ3n) is 5.86. The van der Waals surface area contributed by atoms with Crippen molar-refractivity contribution in [3.05, 3.63) is 101 Å². The van der Waals surface area contributed by atoms with Gasteiger partial charge in [-0.25, -0.2) is 9.18 Å². The van der Waals surface area contributed by atoms with Crippen molar-refractivity contribution < 1.29 is 23.5 Å². The number of cyclic esters (lactones) is 1. The van der Waals surface area contributed by atoms with Gasteiger partial charge < -0.3 is 15.4 Å². The molecule has 1 aliphatic rings. The van der Waals surface area contributed by atoms with Gasteiger partial charge in [0.15, 0.2) is 12.1 Å². The van der Waals surface area contributed by atoms with E-state index in [1.165, 1.54) is 17.0 Å². The van der Waals surface area contributed by atoms with Gasteiger partial charge in [0.05, 0.1) is 6.54 Å². The standard InChI is InChI=1S/C28H28FN3O4/c1-17(2)30-27(34)24-25(36-28(35)32(24)16-19-6-12-22(29)13-7-19)20-10-14-23(15-11-20)31-26(33)21-8-4-18(3)5-9-21/h4-15,17,24-25H,16H2,1-3H3,(H,30,34)(H,31,33)/t24-,25-/m0/s1. The van der Waals surface area contributed by atoms with Crippen LogP contribution in [0.25, 0.3) is 0 Å². The molecule has 1 heterocycles. The molecule has 36 heavy (non-hydrogen) atoms. The molecule has 0 saturated carbocycles. The van der Waals surface area contributed by atoms with E-state index in [1.807, 2.05) is 32.9 Å². The molecule has 3 aromatic rings. The first kappa shape index (κ1) is 24.9. The molecule has 0 aromatic heterocycles. The Labute approximate surface area is 209 Å². The van der Waals surface area contributed by atoms with Gasteiger partial charge in [0.1, 0.15) is 5.82 Å². The van der Waals surface area contributed by atoms with Crippen molar-refractivity contribution in [2.45, 2.75) is 45.5 Å². The molecule has 0 spiro atoms. The number of benzene rings is 3. The van der Waals surface area contributed by atoms with Gasteiger partial charge in [-0.15, -0.1) is 0 Å². The number of aryl methyl sites for hydroxylation is 1. The van der Waals surface area contributed by atoms with Crippen molar-refractivity contribution in [3.63, 3.8) is 0 Å². The summed E-state index contributed by atoms with van der Waals surface area (Å²) in [5.41, 5.74) is 3.45. The van der Waals surface area contributed by atoms with Crippen molar-refractivity contribution in [3.8, 4) is 0 Å². The summed E-state index contributed by atoms with van der Waals surface area (Å²) in [5.74, 6) is -0.973. The van der Waals surface area contributed by atoms with Crippen LogP contribution in [0.15, 0.2) is 72.8 Å². The minimum Gasteiger partial charge on any atom is -0.438 e. The van der Waals surface area contributed by atoms with Gasteiger partial charge in [-0.1, -0.05) is 42.0 Å². The Morgan fingerprint density at radius 1 is 0.972 bits per heavy atom. The Morgan fingerprint density at radius 2 is 1.61 bits per heavy atom. The van der Waals surface area contributed by atoms with Crippen LogP contribution in [-0.2, 0) is 16.1 Å². The van der Waals surface area contributed by atoms with E-state index < -0.39 is 18.2 Å². The zero-order chi connectivity index (χ0) is 25.8. The lowest BCUT2D eigenvalue weighted by Crippen LogP contribution is -2.48. The fourth-order valence-corrected chi connectivity index (χ4v) is 4.03. The molecule has 8 heteroatoms. The van der Waals surface area contributed by atoms with E-state index in [0.717, 1.165) is 5.56 Å². The monoisotopic (exact) mass is 489 g/mol. The van der Waals surface area contributed by atoms with Crippen molar-refractivity contribution in [1.82, 2.24) is 10.2 Å². The summed E-state index contributed by atoms with van der Waals surface area (Å²) >= 11 is 0. The molecule has 1 aliphatic heterocycles. The smallest absolute Gasteiger partial charge is 0.411 e. The number of ether oxygens (including phenoxy) is 1. The second-order valence-corrected chi connectivity index (χ2v) is 9.11. The van der Waals surface area contributed by atoms with Crippen LogP contribution in [0.3, 0.4) is 0 Å². The van der Waals surface area contributed by atoms with Crippen molar-refractivity contribution in [2.24, 2.45) is 0 Å². The molecule has 4 rings (SSSR count). The number of carbonyl (C=O) groups is 3. The number of hydrogen-bond donors (Lipinski definition) is 2. The maximum absolute atomic E-state index is 13.3. The first-order valence-electron chi connectivity index (χ1n) is 11.7. The molecule has 2 atom stereocenters. The second-order valence-electron chi connectivity index (χ2n) is 9.11. The van der Waals surface area contributed by atoms with Gasteiger partial charge >= 0.3 is 6.09 Å². The van der Waals surface area contributed by atoms with Crippen molar-refractivity contribution in [1.29, 1.82) is 0 Å². The fourth-order valence-electron chi connectivity index (χ4n) is 4.03. The third kappa shape index (κ3) is 5.71. The summed E-state index contributed by atoms with van der Waals surface area (Å²) in [6.45, 7) is 5.71. The van der Waals surface area contributed by atoms with Crippen molar-refractivity contribution in [2.75, 3.05) is 5.32 Å². The van der Waals surface area contributed by atoms with E-state index >= 15 is 0 Å². The molecule has 1 saturated heterocycles. The maximum Gasteiger partial charge on any atom is 0.411 e. The van der Waals surface area contributed by atoms with Gasteiger partial charge in [-0.05, 0) is 68.3 Å². The molecule has 0 bridgehead atoms. The van der Waals surface area contributed by atoms with E-state index in [1.54, 1.807) is 48.5 Å². The third-order valence-corrected chi connectivity index (χ3v) is 5.86. The quantitative estimate of drug-likeness (QED) is 0.490. The second kappa shape index (κ2) is 10.6. The highest BCUT2D eigenvalue weighted by atomic mass is 19.1. The maximum atomic E-state index is 13.3. The SMILES string of the molecule is Cc1ccc(C(=O)Nc2ccc([C@@H]3OC(=O)N(Cc4ccc(F)cc4)[C@@H]3C(=O)NC(C)C)cc2)cc1. The Balaban J connectivity index is 1.54. The Kier molecular flexibility index (Phi) is 7.33. The number of rotatable bonds is 7. The van der Waals surface area contributed by atoms with Crippen LogP contribution in [0.4, 0.5) is 14.9 Å². The van der Waals surface area contributed by atoms with Crippen LogP contribution in [0.1, 0.15) is 47.0 Å². The summed E-state index contributed by atoms with van der Waals surface area (Å²) < 4.78 is 19.0. The first-order valence-corrected chi connectivity index (χ1v) is 11.7. The van der Waals surface area contributed by atoms with Gasteiger partial charge in [0.25, 0.3) is 5.91 Å². The first-order chi connectivity index (χ1) is 17.2. The number of carbonyl (C=O) groups excluding carboxylic acids is 3. The highest BCUT2D eigenvalue weighted by Crippen LogP contribution is 2.34. The predicted octanol–water partition coefficient (Wildman–Crippen LogP) is 4.97. The number of anilines is 1. The van der Waals surface area contributed by atoms with Crippen LogP contribution in [0.5, 0.6) is 0 Å². The summed E-state index contributed by atoms with van der Waals surface area (Å²) in [6.07, 6.45) is -1.48. The number of amides is 3. The lowest BCUT2D eigenvalue weighted by atomic mass is 10.00. The Morgan fingerprint density at radius 3 is 2.22 bits per heavy atom. The van der Waals surface area contributed by atoms with E-state index in [2.05, 4.69) is 10.6 Å². The molecule has 2 N–H and O–H groups in total. The molecule has 7 nitrogen and oxygen atoms in total. The van der Waals surface area contributed by atoms with Crippen LogP contribution in [0, 0.1) is 12.7 Å². The summed E-state index contributed by atoms with van der Waals surface area (Å²) in [6, 6.07) is 18.8. The van der Waals surface area contributed by atoms with Crippen LogP contribution in [0.2, 0.25) is 0 Å². The molecule has 186 valence electrons. The molecular weight excluding hydrogens is 461 g/mol. The number of hydrogen-bond acceptors (Lipinski definition) is 4. The van der Waals surface area contributed by atoms with Gasteiger partial charge in [-0.2, -0.15) is 0 Å². The van der Waals surface area contributed by atoms with E-state index in [-0.39, 0.29) is 30.2 Å². The van der Waals surface area contributed by atoms with Gasteiger partial charge in [0.2, 0.25) is 5.91 Å². The minimum atomic E-state index is -0.919. The van der Waals surface area contributed by atoms with Crippen LogP contribution >= 0.6 is 0 Å². The Hall–Kier alpha value is -4.20. The topological polar surface area (TPSA) is 87.7 Å². The number of nitrogens with one attached hydrogen (secondary N) is 2. The molecule has 3 aromatic carbocycles. The Bertz CT molecular complexity index is 1240. The molecular formula is C28H28FN3O4. The molecule has 3 amide bonds. The molecule has 0 unspecified atom stereocenters. The highest BCUT2D eigenvalue weighted by Gasteiger charge is 2.47. The predicted molar refractivity (Wildman–Crippen MR) is 134 cm³/mol.